The van der Waals surface area contributed by atoms with E-state index in [1.807, 2.05) is 4.90 Å². The maximum absolute atomic E-state index is 11.8. The van der Waals surface area contributed by atoms with Crippen molar-refractivity contribution in [3.8, 4) is 0 Å². The molecule has 0 aliphatic carbocycles. The fraction of sp³-hybridized carbons (Fsp3) is 0.333. The molecule has 110 valence electrons. The van der Waals surface area contributed by atoms with Crippen LogP contribution in [0.25, 0.3) is 0 Å². The van der Waals surface area contributed by atoms with Crippen molar-refractivity contribution in [3.05, 3.63) is 33.9 Å². The zero-order valence-corrected chi connectivity index (χ0v) is 11.8. The topological polar surface area (TPSA) is 114 Å². The molecule has 2 heterocycles. The van der Waals surface area contributed by atoms with Crippen molar-refractivity contribution >= 4 is 34.9 Å². The fourth-order valence-corrected chi connectivity index (χ4v) is 3.47. The Bertz CT molecular complexity index is 648. The molecule has 21 heavy (non-hydrogen) atoms. The number of hydrogen-bond donors (Lipinski definition) is 2. The van der Waals surface area contributed by atoms with Crippen molar-refractivity contribution in [2.75, 3.05) is 23.8 Å². The molecule has 0 spiro atoms. The van der Waals surface area contributed by atoms with E-state index in [1.165, 1.54) is 12.1 Å². The first-order valence-electron chi connectivity index (χ1n) is 6.33. The molecule has 0 saturated carbocycles. The third-order valence-corrected chi connectivity index (χ3v) is 4.41. The van der Waals surface area contributed by atoms with E-state index in [-0.39, 0.29) is 17.6 Å². The molecule has 1 unspecified atom stereocenters. The molecule has 9 heteroatoms. The van der Waals surface area contributed by atoms with Gasteiger partial charge in [-0.15, -0.1) is 0 Å². The number of thioether (sulfide) groups is 1. The molecule has 0 bridgehead atoms. The molecular weight excluding hydrogens is 294 g/mol. The molecule has 3 rings (SSSR count). The first-order valence-corrected chi connectivity index (χ1v) is 7.49. The quantitative estimate of drug-likeness (QED) is 0.464. The molecule has 1 atom stereocenters. The molecule has 1 amide bonds. The Hall–Kier alpha value is -2.29. The SMILES string of the molecule is Nc1cc(C2=NNC(=O)C3CSCCN23)cc([N+](=O)[O-])c1. The van der Waals surface area contributed by atoms with Gasteiger partial charge in [0, 0.05) is 41.4 Å². The zero-order chi connectivity index (χ0) is 15.0. The average molecular weight is 307 g/mol. The van der Waals surface area contributed by atoms with Crippen LogP contribution in [0.3, 0.4) is 0 Å². The second-order valence-corrected chi connectivity index (χ2v) is 5.92. The highest BCUT2D eigenvalue weighted by atomic mass is 32.2. The highest BCUT2D eigenvalue weighted by molar-refractivity contribution is 7.99. The molecule has 2 aliphatic heterocycles. The standard InChI is InChI=1S/C12H13N5O3S/c13-8-3-7(4-9(5-8)17(19)20)11-14-15-12(18)10-6-21-2-1-16(10)11/h3-5,10H,1-2,6,13H2,(H,15,18). The summed E-state index contributed by atoms with van der Waals surface area (Å²) in [5.41, 5.74) is 8.95. The normalized spacial score (nSPS) is 21.3. The average Bonchev–Trinajstić information content (AvgIpc) is 2.47. The molecule has 3 N–H and O–H groups in total. The number of carbonyl (C=O) groups is 1. The summed E-state index contributed by atoms with van der Waals surface area (Å²) in [6.07, 6.45) is 0. The molecule has 1 fully saturated rings. The van der Waals surface area contributed by atoms with Gasteiger partial charge in [0.15, 0.2) is 5.84 Å². The van der Waals surface area contributed by atoms with Crippen LogP contribution in [-0.2, 0) is 4.79 Å². The number of hydrogen-bond acceptors (Lipinski definition) is 7. The Labute approximate surface area is 124 Å². The molecule has 0 radical (unpaired) electrons. The van der Waals surface area contributed by atoms with Gasteiger partial charge in [0.05, 0.1) is 4.92 Å². The van der Waals surface area contributed by atoms with Crippen molar-refractivity contribution in [1.82, 2.24) is 10.3 Å². The number of fused-ring (bicyclic) bond motifs is 1. The number of amides is 1. The molecule has 1 aromatic rings. The Kier molecular flexibility index (Phi) is 3.42. The summed E-state index contributed by atoms with van der Waals surface area (Å²) in [6.45, 7) is 0.671. The van der Waals surface area contributed by atoms with Crippen LogP contribution in [0.5, 0.6) is 0 Å². The number of hydrazone groups is 1. The summed E-state index contributed by atoms with van der Waals surface area (Å²) >= 11 is 1.70. The van der Waals surface area contributed by atoms with E-state index in [2.05, 4.69) is 10.5 Å². The molecular formula is C12H13N5O3S. The van der Waals surface area contributed by atoms with Crippen LogP contribution >= 0.6 is 11.8 Å². The first-order chi connectivity index (χ1) is 10.1. The van der Waals surface area contributed by atoms with E-state index in [0.29, 0.717) is 29.4 Å². The lowest BCUT2D eigenvalue weighted by Crippen LogP contribution is -2.57. The van der Waals surface area contributed by atoms with Gasteiger partial charge in [-0.1, -0.05) is 0 Å². The van der Waals surface area contributed by atoms with Gasteiger partial charge < -0.3 is 10.6 Å². The van der Waals surface area contributed by atoms with E-state index in [1.54, 1.807) is 17.8 Å². The van der Waals surface area contributed by atoms with Gasteiger partial charge in [0.1, 0.15) is 6.04 Å². The third-order valence-electron chi connectivity index (χ3n) is 3.38. The van der Waals surface area contributed by atoms with Crippen LogP contribution in [-0.4, -0.2) is 45.7 Å². The second-order valence-electron chi connectivity index (χ2n) is 4.77. The largest absolute Gasteiger partial charge is 0.399 e. The maximum Gasteiger partial charge on any atom is 0.272 e. The van der Waals surface area contributed by atoms with Gasteiger partial charge in [0.2, 0.25) is 0 Å². The lowest BCUT2D eigenvalue weighted by atomic mass is 10.1. The second kappa shape index (κ2) is 5.24. The number of nitrogen functional groups attached to an aromatic ring is 1. The van der Waals surface area contributed by atoms with Crippen molar-refractivity contribution in [2.24, 2.45) is 5.10 Å². The predicted octanol–water partition coefficient (Wildman–Crippen LogP) is 0.386. The van der Waals surface area contributed by atoms with Crippen LogP contribution in [0.2, 0.25) is 0 Å². The lowest BCUT2D eigenvalue weighted by Gasteiger charge is -2.38. The third kappa shape index (κ3) is 2.51. The van der Waals surface area contributed by atoms with Gasteiger partial charge >= 0.3 is 0 Å². The Balaban J connectivity index is 2.03. The molecule has 0 aromatic heterocycles. The summed E-state index contributed by atoms with van der Waals surface area (Å²) in [5, 5.41) is 15.0. The van der Waals surface area contributed by atoms with Crippen LogP contribution < -0.4 is 11.2 Å². The number of nitro groups is 1. The van der Waals surface area contributed by atoms with Gasteiger partial charge in [0.25, 0.3) is 11.6 Å². The number of nitrogens with zero attached hydrogens (tertiary/aromatic N) is 3. The minimum Gasteiger partial charge on any atom is -0.399 e. The van der Waals surface area contributed by atoms with E-state index in [0.717, 1.165) is 5.75 Å². The minimum atomic E-state index is -0.495. The van der Waals surface area contributed by atoms with Crippen molar-refractivity contribution in [1.29, 1.82) is 0 Å². The Morgan fingerprint density at radius 2 is 2.29 bits per heavy atom. The van der Waals surface area contributed by atoms with Gasteiger partial charge in [-0.25, -0.2) is 5.43 Å². The Morgan fingerprint density at radius 3 is 3.05 bits per heavy atom. The number of anilines is 1. The minimum absolute atomic E-state index is 0.0902. The number of rotatable bonds is 2. The van der Waals surface area contributed by atoms with E-state index >= 15 is 0 Å². The predicted molar refractivity (Wildman–Crippen MR) is 80.0 cm³/mol. The van der Waals surface area contributed by atoms with E-state index in [9.17, 15) is 14.9 Å². The monoisotopic (exact) mass is 307 g/mol. The van der Waals surface area contributed by atoms with E-state index in [4.69, 9.17) is 5.73 Å². The van der Waals surface area contributed by atoms with Crippen LogP contribution in [0.4, 0.5) is 11.4 Å². The van der Waals surface area contributed by atoms with Crippen LogP contribution in [0.1, 0.15) is 5.56 Å². The molecule has 2 aliphatic rings. The van der Waals surface area contributed by atoms with Gasteiger partial charge in [-0.05, 0) is 6.07 Å². The van der Waals surface area contributed by atoms with Crippen LogP contribution in [0, 0.1) is 10.1 Å². The van der Waals surface area contributed by atoms with Crippen molar-refractivity contribution in [3.63, 3.8) is 0 Å². The lowest BCUT2D eigenvalue weighted by molar-refractivity contribution is -0.384. The number of carbonyl (C=O) groups excluding carboxylic acids is 1. The molecule has 8 nitrogen and oxygen atoms in total. The Morgan fingerprint density at radius 1 is 1.48 bits per heavy atom. The highest BCUT2D eigenvalue weighted by Gasteiger charge is 2.35. The summed E-state index contributed by atoms with van der Waals surface area (Å²) in [4.78, 5) is 24.2. The number of nitrogens with two attached hydrogens (primary N) is 1. The number of non-ortho nitro benzene ring substituents is 1. The highest BCUT2D eigenvalue weighted by Crippen LogP contribution is 2.25. The summed E-state index contributed by atoms with van der Waals surface area (Å²) in [6, 6.07) is 4.06. The summed E-state index contributed by atoms with van der Waals surface area (Å²) in [7, 11) is 0. The van der Waals surface area contributed by atoms with Crippen LogP contribution in [0.15, 0.2) is 23.3 Å². The van der Waals surface area contributed by atoms with Gasteiger partial charge in [-0.3, -0.25) is 14.9 Å². The molecule has 1 saturated heterocycles. The van der Waals surface area contributed by atoms with Crippen molar-refractivity contribution in [2.45, 2.75) is 6.04 Å². The zero-order valence-electron chi connectivity index (χ0n) is 11.0. The summed E-state index contributed by atoms with van der Waals surface area (Å²) in [5.74, 6) is 1.93. The van der Waals surface area contributed by atoms with Gasteiger partial charge in [-0.2, -0.15) is 16.9 Å². The fourth-order valence-electron chi connectivity index (χ4n) is 2.42. The van der Waals surface area contributed by atoms with E-state index < -0.39 is 4.92 Å². The maximum atomic E-state index is 11.8. The number of nitrogens with one attached hydrogen (secondary N) is 1. The smallest absolute Gasteiger partial charge is 0.272 e. The number of benzene rings is 1. The van der Waals surface area contributed by atoms with Crippen molar-refractivity contribution < 1.29 is 9.72 Å². The summed E-state index contributed by atoms with van der Waals surface area (Å²) < 4.78 is 0. The number of amidine groups is 1. The molecule has 1 aromatic carbocycles. The number of nitro benzene ring substituents is 1. The first kappa shape index (κ1) is 13.7.